The quantitative estimate of drug-likeness (QED) is 0.235. The van der Waals surface area contributed by atoms with Crippen LogP contribution in [-0.4, -0.2) is 81.8 Å². The molecule has 4 fully saturated rings. The molecule has 0 aromatic rings. The van der Waals surface area contributed by atoms with Crippen LogP contribution in [0.1, 0.15) is 78.6 Å². The minimum atomic E-state index is -1.12. The highest BCUT2D eigenvalue weighted by atomic mass is 16.6. The topological polar surface area (TPSA) is 96.4 Å². The fourth-order valence-corrected chi connectivity index (χ4v) is 7.65. The summed E-state index contributed by atoms with van der Waals surface area (Å²) in [4.78, 5) is 45.8. The lowest BCUT2D eigenvalue weighted by Crippen LogP contribution is -2.60. The first-order valence-electron chi connectivity index (χ1n) is 14.5. The van der Waals surface area contributed by atoms with Gasteiger partial charge >= 0.3 is 5.97 Å². The molecule has 1 aliphatic carbocycles. The summed E-state index contributed by atoms with van der Waals surface area (Å²) in [7, 11) is 0. The first-order valence-corrected chi connectivity index (χ1v) is 14.5. The average molecular weight is 531 g/mol. The van der Waals surface area contributed by atoms with Crippen molar-refractivity contribution in [3.63, 3.8) is 0 Å². The number of rotatable bonds is 12. The average Bonchev–Trinajstić information content (AvgIpc) is 3.46. The van der Waals surface area contributed by atoms with Gasteiger partial charge in [-0.15, -0.1) is 13.2 Å². The maximum atomic E-state index is 14.6. The maximum Gasteiger partial charge on any atom is 0.312 e. The molecule has 0 aromatic carbocycles. The number of amides is 2. The molecule has 2 bridgehead atoms. The minimum Gasteiger partial charge on any atom is -0.465 e. The van der Waals surface area contributed by atoms with Gasteiger partial charge in [-0.1, -0.05) is 45.3 Å². The number of hydrogen-bond donors (Lipinski definition) is 1. The second-order valence-corrected chi connectivity index (χ2v) is 12.3. The van der Waals surface area contributed by atoms with Gasteiger partial charge in [-0.05, 0) is 51.4 Å². The van der Waals surface area contributed by atoms with Crippen molar-refractivity contribution in [1.29, 1.82) is 0 Å². The minimum absolute atomic E-state index is 0.0770. The van der Waals surface area contributed by atoms with E-state index >= 15 is 0 Å². The van der Waals surface area contributed by atoms with E-state index in [1.54, 1.807) is 17.1 Å². The van der Waals surface area contributed by atoms with E-state index in [2.05, 4.69) is 13.2 Å². The Bertz CT molecular complexity index is 930. The summed E-state index contributed by atoms with van der Waals surface area (Å²) in [6.07, 6.45) is 10.7. The van der Waals surface area contributed by atoms with Crippen LogP contribution in [0.25, 0.3) is 0 Å². The first kappa shape index (κ1) is 28.8. The lowest BCUT2D eigenvalue weighted by Gasteiger charge is -2.42. The lowest BCUT2D eigenvalue weighted by molar-refractivity contribution is -0.162. The molecule has 8 heteroatoms. The predicted octanol–water partition coefficient (Wildman–Crippen LogP) is 3.62. The molecule has 1 N–H and O–H groups in total. The number of esters is 1. The van der Waals surface area contributed by atoms with Gasteiger partial charge in [-0.2, -0.15) is 0 Å². The summed E-state index contributed by atoms with van der Waals surface area (Å²) >= 11 is 0. The van der Waals surface area contributed by atoms with Gasteiger partial charge in [0.15, 0.2) is 0 Å². The molecule has 1 spiro atoms. The Kier molecular flexibility index (Phi) is 8.72. The van der Waals surface area contributed by atoms with E-state index in [0.717, 1.165) is 32.1 Å². The molecule has 212 valence electrons. The highest BCUT2D eigenvalue weighted by Gasteiger charge is 2.79. The van der Waals surface area contributed by atoms with E-state index in [1.807, 2.05) is 25.7 Å². The lowest BCUT2D eigenvalue weighted by atomic mass is 9.66. The molecule has 1 saturated carbocycles. The van der Waals surface area contributed by atoms with E-state index < -0.39 is 41.1 Å². The number of ether oxygens (including phenoxy) is 2. The number of likely N-dealkylation sites (tertiary alicyclic amines) is 1. The highest BCUT2D eigenvalue weighted by Crippen LogP contribution is 2.64. The Hall–Kier alpha value is -2.19. The zero-order valence-corrected chi connectivity index (χ0v) is 23.4. The molecule has 3 heterocycles. The largest absolute Gasteiger partial charge is 0.465 e. The van der Waals surface area contributed by atoms with E-state index in [1.165, 1.54) is 0 Å². The third-order valence-corrected chi connectivity index (χ3v) is 9.24. The zero-order chi connectivity index (χ0) is 27.7. The van der Waals surface area contributed by atoms with E-state index in [0.29, 0.717) is 32.2 Å². The number of carbonyl (C=O) groups is 3. The maximum absolute atomic E-state index is 14.6. The van der Waals surface area contributed by atoms with Gasteiger partial charge in [0.05, 0.1) is 30.8 Å². The van der Waals surface area contributed by atoms with Crippen LogP contribution in [0.5, 0.6) is 0 Å². The Morgan fingerprint density at radius 3 is 2.53 bits per heavy atom. The van der Waals surface area contributed by atoms with E-state index in [4.69, 9.17) is 9.47 Å². The van der Waals surface area contributed by atoms with Crippen molar-refractivity contribution in [1.82, 2.24) is 9.80 Å². The second kappa shape index (κ2) is 11.5. The number of aliphatic hydroxyl groups excluding tert-OH is 1. The number of carbonyl (C=O) groups excluding carboxylic acids is 3. The molecule has 2 amide bonds. The van der Waals surface area contributed by atoms with Crippen molar-refractivity contribution in [2.75, 3.05) is 19.8 Å². The monoisotopic (exact) mass is 530 g/mol. The molecule has 0 radical (unpaired) electrons. The van der Waals surface area contributed by atoms with Gasteiger partial charge in [0.25, 0.3) is 0 Å². The van der Waals surface area contributed by atoms with Crippen molar-refractivity contribution < 1.29 is 29.0 Å². The molecule has 4 rings (SSSR count). The van der Waals surface area contributed by atoms with Gasteiger partial charge in [0.1, 0.15) is 17.6 Å². The number of hydrogen-bond acceptors (Lipinski definition) is 6. The fraction of sp³-hybridized carbons (Fsp3) is 0.767. The zero-order valence-electron chi connectivity index (χ0n) is 23.4. The molecule has 8 nitrogen and oxygen atoms in total. The Morgan fingerprint density at radius 1 is 1.21 bits per heavy atom. The van der Waals surface area contributed by atoms with E-state index in [-0.39, 0.29) is 37.0 Å². The Labute approximate surface area is 227 Å². The molecule has 2 unspecified atom stereocenters. The van der Waals surface area contributed by atoms with Crippen molar-refractivity contribution in [2.45, 2.75) is 108 Å². The number of fused-ring (bicyclic) bond motifs is 1. The molecule has 4 aliphatic rings. The number of nitrogens with zero attached hydrogens (tertiary/aromatic N) is 2. The Morgan fingerprint density at radius 2 is 1.92 bits per heavy atom. The molecule has 6 atom stereocenters. The van der Waals surface area contributed by atoms with Crippen LogP contribution in [0.2, 0.25) is 0 Å². The third-order valence-electron chi connectivity index (χ3n) is 9.24. The van der Waals surface area contributed by atoms with Crippen molar-refractivity contribution in [2.24, 2.45) is 17.8 Å². The van der Waals surface area contributed by atoms with Crippen LogP contribution in [-0.2, 0) is 23.9 Å². The smallest absolute Gasteiger partial charge is 0.312 e. The first-order chi connectivity index (χ1) is 18.1. The Balaban J connectivity index is 1.77. The summed E-state index contributed by atoms with van der Waals surface area (Å²) < 4.78 is 12.3. The molecular formula is C30H46N2O6. The predicted molar refractivity (Wildman–Crippen MR) is 144 cm³/mol. The molecule has 3 aliphatic heterocycles. The fourth-order valence-electron chi connectivity index (χ4n) is 7.65. The van der Waals surface area contributed by atoms with Crippen molar-refractivity contribution in [3.8, 4) is 0 Å². The van der Waals surface area contributed by atoms with Gasteiger partial charge in [-0.25, -0.2) is 0 Å². The normalized spacial score (nSPS) is 33.3. The van der Waals surface area contributed by atoms with Crippen LogP contribution >= 0.6 is 0 Å². The van der Waals surface area contributed by atoms with Gasteiger partial charge < -0.3 is 24.4 Å². The van der Waals surface area contributed by atoms with Crippen LogP contribution in [0.3, 0.4) is 0 Å². The van der Waals surface area contributed by atoms with Crippen LogP contribution in [0.4, 0.5) is 0 Å². The SMILES string of the molecule is C=CCCOC(=O)[C@H]1[C@H]2C(=O)N([C@@H](CO)CC(C)C)C(C(=O)N(CC=C)C3CCCCC3)C23CC[C@]1(C)O3. The van der Waals surface area contributed by atoms with Gasteiger partial charge in [0, 0.05) is 12.6 Å². The van der Waals surface area contributed by atoms with E-state index in [9.17, 15) is 19.5 Å². The summed E-state index contributed by atoms with van der Waals surface area (Å²) in [5.74, 6) is -2.30. The standard InChI is InChI=1S/C30H46N2O6/c1-6-8-17-37-28(36)24-23-26(34)32(22(19-33)18-20(3)4)25(30(23)15-14-29(24,5)38-30)27(35)31(16-7-2)21-12-10-9-11-13-21/h6-7,20-25,33H,1-2,8-19H2,3-5H3/t22-,23+,24-,25?,29+,30?/m1/s1. The summed E-state index contributed by atoms with van der Waals surface area (Å²) in [6.45, 7) is 13.9. The van der Waals surface area contributed by atoms with Gasteiger partial charge in [-0.3, -0.25) is 14.4 Å². The second-order valence-electron chi connectivity index (χ2n) is 12.3. The highest BCUT2D eigenvalue weighted by molar-refractivity contribution is 5.98. The van der Waals surface area contributed by atoms with Crippen molar-refractivity contribution in [3.05, 3.63) is 25.3 Å². The molecule has 38 heavy (non-hydrogen) atoms. The van der Waals surface area contributed by atoms with Crippen molar-refractivity contribution >= 4 is 17.8 Å². The van der Waals surface area contributed by atoms with Crippen LogP contribution in [0.15, 0.2) is 25.3 Å². The summed E-state index contributed by atoms with van der Waals surface area (Å²) in [6, 6.07) is -1.36. The van der Waals surface area contributed by atoms with Crippen LogP contribution in [0, 0.1) is 17.8 Å². The van der Waals surface area contributed by atoms with Crippen LogP contribution < -0.4 is 0 Å². The van der Waals surface area contributed by atoms with Gasteiger partial charge in [0.2, 0.25) is 11.8 Å². The number of aliphatic hydroxyl groups is 1. The molecular weight excluding hydrogens is 484 g/mol. The molecule has 3 saturated heterocycles. The third kappa shape index (κ3) is 4.83. The summed E-state index contributed by atoms with van der Waals surface area (Å²) in [5, 5.41) is 10.5. The molecule has 0 aromatic heterocycles. The summed E-state index contributed by atoms with van der Waals surface area (Å²) in [5.41, 5.74) is -2.00.